The van der Waals surface area contributed by atoms with Gasteiger partial charge in [-0.1, -0.05) is 12.8 Å². The average Bonchev–Trinajstić information content (AvgIpc) is 2.32. The van der Waals surface area contributed by atoms with E-state index in [0.717, 1.165) is 25.7 Å². The summed E-state index contributed by atoms with van der Waals surface area (Å²) in [6.07, 6.45) is 3.66. The number of hydrogen-bond acceptors (Lipinski definition) is 3. The maximum Gasteiger partial charge on any atom is 0.158 e. The molecule has 70 valence electrons. The molecule has 1 fully saturated rings. The van der Waals surface area contributed by atoms with Crippen molar-refractivity contribution in [3.63, 3.8) is 0 Å². The van der Waals surface area contributed by atoms with Crippen LogP contribution in [0.5, 0.6) is 0 Å². The van der Waals surface area contributed by atoms with Gasteiger partial charge in [0.2, 0.25) is 0 Å². The Morgan fingerprint density at radius 1 is 1.42 bits per heavy atom. The average molecular weight is 189 g/mol. The van der Waals surface area contributed by atoms with Gasteiger partial charge >= 0.3 is 0 Å². The second-order valence-electron chi connectivity index (χ2n) is 3.49. The van der Waals surface area contributed by atoms with Crippen LogP contribution >= 0.6 is 0 Å². The Morgan fingerprint density at radius 3 is 2.33 bits per heavy atom. The summed E-state index contributed by atoms with van der Waals surface area (Å²) in [5.41, 5.74) is 0.252. The third kappa shape index (κ3) is 2.30. The molecule has 12 heavy (non-hydrogen) atoms. The molecule has 0 radical (unpaired) electrons. The highest BCUT2D eigenvalue weighted by atomic mass is 32.2. The monoisotopic (exact) mass is 189 g/mol. The summed E-state index contributed by atoms with van der Waals surface area (Å²) >= 11 is 0. The van der Waals surface area contributed by atoms with Crippen LogP contribution < -0.4 is 0 Å². The smallest absolute Gasteiger partial charge is 0.158 e. The molecular formula is C8H15NO2S. The van der Waals surface area contributed by atoms with Gasteiger partial charge in [0.05, 0.1) is 11.0 Å². The van der Waals surface area contributed by atoms with E-state index in [1.807, 2.05) is 0 Å². The largest absolute Gasteiger partial charge is 0.309 e. The summed E-state index contributed by atoms with van der Waals surface area (Å²) in [4.78, 5) is 0. The van der Waals surface area contributed by atoms with E-state index < -0.39 is 9.84 Å². The zero-order valence-electron chi connectivity index (χ0n) is 7.34. The van der Waals surface area contributed by atoms with E-state index in [0.29, 0.717) is 0 Å². The van der Waals surface area contributed by atoms with Crippen molar-refractivity contribution in [2.75, 3.05) is 5.75 Å². The summed E-state index contributed by atoms with van der Waals surface area (Å²) in [5.74, 6) is -0.0440. The summed E-state index contributed by atoms with van der Waals surface area (Å²) < 4.78 is 23.0. The lowest BCUT2D eigenvalue weighted by Gasteiger charge is -2.09. The Hall–Kier alpha value is -0.380. The topological polar surface area (TPSA) is 58.0 Å². The molecule has 0 atom stereocenters. The molecule has 0 aromatic rings. The van der Waals surface area contributed by atoms with E-state index in [2.05, 4.69) is 0 Å². The van der Waals surface area contributed by atoms with E-state index >= 15 is 0 Å². The minimum Gasteiger partial charge on any atom is -0.309 e. The Labute approximate surface area is 73.6 Å². The minimum atomic E-state index is -2.98. The van der Waals surface area contributed by atoms with E-state index in [4.69, 9.17) is 5.41 Å². The fourth-order valence-corrected chi connectivity index (χ4v) is 3.56. The zero-order chi connectivity index (χ0) is 9.19. The molecule has 0 unspecified atom stereocenters. The summed E-state index contributed by atoms with van der Waals surface area (Å²) in [5, 5.41) is 6.98. The Balaban J connectivity index is 2.64. The Kier molecular flexibility index (Phi) is 2.88. The van der Waals surface area contributed by atoms with Crippen LogP contribution in [0.4, 0.5) is 0 Å². The number of hydrogen-bond donors (Lipinski definition) is 1. The maximum atomic E-state index is 11.5. The van der Waals surface area contributed by atoms with E-state index in [9.17, 15) is 8.42 Å². The van der Waals surface area contributed by atoms with Crippen LogP contribution in [0.2, 0.25) is 0 Å². The van der Waals surface area contributed by atoms with Gasteiger partial charge in [0.25, 0.3) is 0 Å². The van der Waals surface area contributed by atoms with Crippen molar-refractivity contribution in [3.8, 4) is 0 Å². The molecule has 0 aromatic heterocycles. The molecule has 0 bridgehead atoms. The molecule has 1 rings (SSSR count). The van der Waals surface area contributed by atoms with Gasteiger partial charge in [0, 0.05) is 5.71 Å². The van der Waals surface area contributed by atoms with Crippen molar-refractivity contribution < 1.29 is 8.42 Å². The van der Waals surface area contributed by atoms with E-state index in [-0.39, 0.29) is 16.7 Å². The molecule has 0 heterocycles. The first-order chi connectivity index (χ1) is 5.52. The van der Waals surface area contributed by atoms with Crippen molar-refractivity contribution >= 4 is 15.5 Å². The van der Waals surface area contributed by atoms with E-state index in [1.165, 1.54) is 0 Å². The molecule has 1 saturated carbocycles. The highest BCUT2D eigenvalue weighted by Crippen LogP contribution is 2.25. The summed E-state index contributed by atoms with van der Waals surface area (Å²) in [7, 11) is -2.98. The number of sulfone groups is 1. The fourth-order valence-electron chi connectivity index (χ4n) is 1.67. The van der Waals surface area contributed by atoms with Gasteiger partial charge in [-0.2, -0.15) is 0 Å². The first-order valence-electron chi connectivity index (χ1n) is 4.28. The molecule has 0 spiro atoms. The molecule has 0 amide bonds. The van der Waals surface area contributed by atoms with Crippen molar-refractivity contribution in [2.45, 2.75) is 37.9 Å². The van der Waals surface area contributed by atoms with Gasteiger partial charge in [0.1, 0.15) is 0 Å². The number of nitrogens with one attached hydrogen (secondary N) is 1. The van der Waals surface area contributed by atoms with Crippen molar-refractivity contribution in [3.05, 3.63) is 0 Å². The summed E-state index contributed by atoms with van der Waals surface area (Å²) in [6.45, 7) is 1.55. The van der Waals surface area contributed by atoms with Crippen molar-refractivity contribution in [2.24, 2.45) is 0 Å². The molecular weight excluding hydrogens is 174 g/mol. The quantitative estimate of drug-likeness (QED) is 0.682. The van der Waals surface area contributed by atoms with Crippen LogP contribution in [0.3, 0.4) is 0 Å². The first-order valence-corrected chi connectivity index (χ1v) is 5.99. The predicted octanol–water partition coefficient (Wildman–Crippen LogP) is 1.38. The standard InChI is InChI=1S/C8H15NO2S/c1-7(9)6-12(10,11)8-4-2-3-5-8/h8-9H,2-6H2,1H3. The molecule has 1 aliphatic carbocycles. The molecule has 1 N–H and O–H groups in total. The lowest BCUT2D eigenvalue weighted by Crippen LogP contribution is -2.24. The summed E-state index contributed by atoms with van der Waals surface area (Å²) in [6, 6.07) is 0. The second kappa shape index (κ2) is 3.56. The van der Waals surface area contributed by atoms with Crippen LogP contribution in [0, 0.1) is 5.41 Å². The van der Waals surface area contributed by atoms with Crippen LogP contribution in [0.15, 0.2) is 0 Å². The highest BCUT2D eigenvalue weighted by Gasteiger charge is 2.28. The SMILES string of the molecule is CC(=N)CS(=O)(=O)C1CCCC1. The molecule has 0 aliphatic heterocycles. The third-order valence-electron chi connectivity index (χ3n) is 2.23. The van der Waals surface area contributed by atoms with Gasteiger partial charge in [-0.05, 0) is 19.8 Å². The molecule has 0 aromatic carbocycles. The molecule has 3 nitrogen and oxygen atoms in total. The second-order valence-corrected chi connectivity index (χ2v) is 5.78. The number of rotatable bonds is 3. The van der Waals surface area contributed by atoms with Gasteiger partial charge in [0.15, 0.2) is 9.84 Å². The van der Waals surface area contributed by atoms with Crippen molar-refractivity contribution in [1.82, 2.24) is 0 Å². The predicted molar refractivity (Wildman–Crippen MR) is 49.4 cm³/mol. The van der Waals surface area contributed by atoms with Gasteiger partial charge in [-0.15, -0.1) is 0 Å². The van der Waals surface area contributed by atoms with E-state index in [1.54, 1.807) is 6.92 Å². The van der Waals surface area contributed by atoms with Crippen molar-refractivity contribution in [1.29, 1.82) is 5.41 Å². The lowest BCUT2D eigenvalue weighted by molar-refractivity contribution is 0.583. The van der Waals surface area contributed by atoms with Crippen LogP contribution in [0.1, 0.15) is 32.6 Å². The molecule has 0 saturated heterocycles. The Bertz CT molecular complexity index is 263. The highest BCUT2D eigenvalue weighted by molar-refractivity contribution is 7.92. The molecule has 1 aliphatic rings. The van der Waals surface area contributed by atoms with Crippen LogP contribution in [-0.4, -0.2) is 25.1 Å². The maximum absolute atomic E-state index is 11.5. The minimum absolute atomic E-state index is 0.0440. The Morgan fingerprint density at radius 2 is 1.92 bits per heavy atom. The molecule has 4 heteroatoms. The third-order valence-corrected chi connectivity index (χ3v) is 4.55. The fraction of sp³-hybridized carbons (Fsp3) is 0.875. The van der Waals surface area contributed by atoms with Crippen LogP contribution in [-0.2, 0) is 9.84 Å². The normalized spacial score (nSPS) is 19.8. The van der Waals surface area contributed by atoms with Gasteiger partial charge in [-0.3, -0.25) is 0 Å². The first kappa shape index (κ1) is 9.71. The van der Waals surface area contributed by atoms with Gasteiger partial charge in [-0.25, -0.2) is 8.42 Å². The van der Waals surface area contributed by atoms with Gasteiger partial charge < -0.3 is 5.41 Å². The lowest BCUT2D eigenvalue weighted by atomic mass is 10.4. The van der Waals surface area contributed by atoms with Crippen LogP contribution in [0.25, 0.3) is 0 Å². The zero-order valence-corrected chi connectivity index (χ0v) is 8.15.